The highest BCUT2D eigenvalue weighted by molar-refractivity contribution is 5.60. The Morgan fingerprint density at radius 2 is 1.74 bits per heavy atom. The lowest BCUT2D eigenvalue weighted by atomic mass is 9.83. The summed E-state index contributed by atoms with van der Waals surface area (Å²) in [5.41, 5.74) is 6.05. The largest absolute Gasteiger partial charge is 0.441 e. The van der Waals surface area contributed by atoms with E-state index in [0.29, 0.717) is 6.04 Å². The zero-order valence-corrected chi connectivity index (χ0v) is 18.8. The monoisotopic (exact) mass is 415 g/mol. The summed E-state index contributed by atoms with van der Waals surface area (Å²) in [6.45, 7) is 7.70. The van der Waals surface area contributed by atoms with Gasteiger partial charge in [0.25, 0.3) is 0 Å². The van der Waals surface area contributed by atoms with Crippen LogP contribution < -0.4 is 9.64 Å². The van der Waals surface area contributed by atoms with Crippen molar-refractivity contribution in [3.8, 4) is 5.75 Å². The molecule has 0 radical (unpaired) electrons. The Morgan fingerprint density at radius 1 is 0.935 bits per heavy atom. The first-order valence-electron chi connectivity index (χ1n) is 11.6. The van der Waals surface area contributed by atoms with Crippen molar-refractivity contribution >= 4 is 5.69 Å². The first kappa shape index (κ1) is 20.2. The van der Waals surface area contributed by atoms with E-state index in [2.05, 4.69) is 59.0 Å². The molecule has 0 unspecified atom stereocenters. The van der Waals surface area contributed by atoms with Crippen LogP contribution >= 0.6 is 0 Å². The number of para-hydroxylation sites is 1. The highest BCUT2D eigenvalue weighted by Crippen LogP contribution is 2.36. The molecule has 162 valence electrons. The van der Waals surface area contributed by atoms with Gasteiger partial charge in [-0.05, 0) is 74.2 Å². The lowest BCUT2D eigenvalue weighted by molar-refractivity contribution is 0.163. The summed E-state index contributed by atoms with van der Waals surface area (Å²) in [5, 5.41) is 0. The minimum atomic E-state index is 0.459. The van der Waals surface area contributed by atoms with Crippen LogP contribution in [0.5, 0.6) is 5.75 Å². The van der Waals surface area contributed by atoms with Crippen LogP contribution in [0.1, 0.15) is 23.1 Å². The molecule has 31 heavy (non-hydrogen) atoms. The average molecular weight is 416 g/mol. The summed E-state index contributed by atoms with van der Waals surface area (Å²) in [5.74, 6) is 1.87. The molecular formula is C27H33N3O. The number of aryl methyl sites for hydroxylation is 1. The molecule has 3 aliphatic rings. The van der Waals surface area contributed by atoms with E-state index in [-0.39, 0.29) is 0 Å². The predicted octanol–water partition coefficient (Wildman–Crippen LogP) is 4.40. The Hall–Kier alpha value is -2.72. The zero-order chi connectivity index (χ0) is 21.2. The molecule has 2 aliphatic heterocycles. The maximum atomic E-state index is 6.31. The SMILES string of the molecule is Cc1ccc(N2CCN(C)CC2)c2c1CC[C@@H](N1CC=CC=C1Oc1ccccc1)C2. The molecule has 4 heteroatoms. The van der Waals surface area contributed by atoms with Gasteiger partial charge in [0.1, 0.15) is 5.75 Å². The maximum absolute atomic E-state index is 6.31. The van der Waals surface area contributed by atoms with E-state index < -0.39 is 0 Å². The number of anilines is 1. The molecule has 0 spiro atoms. The summed E-state index contributed by atoms with van der Waals surface area (Å²) in [6.07, 6.45) is 9.87. The van der Waals surface area contributed by atoms with Crippen molar-refractivity contribution in [2.24, 2.45) is 0 Å². The van der Waals surface area contributed by atoms with Gasteiger partial charge in [0, 0.05) is 44.5 Å². The molecule has 2 aromatic carbocycles. The standard InChI is InChI=1S/C27H33N3O/c1-21-11-14-26(29-18-16-28(2)17-19-29)25-20-22(12-13-24(21)25)30-15-7-6-10-27(30)31-23-8-4-3-5-9-23/h3-11,14,22H,12-13,15-20H2,1-2H3/t22-/m1/s1. The number of likely N-dealkylation sites (N-methyl/N-ethyl adjacent to an activating group) is 1. The van der Waals surface area contributed by atoms with Crippen molar-refractivity contribution in [2.75, 3.05) is 44.7 Å². The van der Waals surface area contributed by atoms with Crippen molar-refractivity contribution < 1.29 is 4.74 Å². The molecule has 1 saturated heterocycles. The molecule has 0 amide bonds. The van der Waals surface area contributed by atoms with Crippen molar-refractivity contribution in [1.82, 2.24) is 9.80 Å². The van der Waals surface area contributed by atoms with Gasteiger partial charge in [0.2, 0.25) is 0 Å². The Balaban J connectivity index is 1.40. The van der Waals surface area contributed by atoms with Gasteiger partial charge in [0.15, 0.2) is 5.88 Å². The number of piperazine rings is 1. The topological polar surface area (TPSA) is 19.0 Å². The molecule has 1 fully saturated rings. The van der Waals surface area contributed by atoms with Crippen molar-refractivity contribution in [3.05, 3.63) is 83.3 Å². The van der Waals surface area contributed by atoms with Gasteiger partial charge in [0.05, 0.1) is 0 Å². The van der Waals surface area contributed by atoms with E-state index in [4.69, 9.17) is 4.74 Å². The van der Waals surface area contributed by atoms with Crippen LogP contribution in [0, 0.1) is 6.92 Å². The molecule has 0 saturated carbocycles. The number of hydrogen-bond donors (Lipinski definition) is 0. The van der Waals surface area contributed by atoms with Crippen LogP contribution in [0.4, 0.5) is 5.69 Å². The van der Waals surface area contributed by atoms with Crippen LogP contribution in [0.2, 0.25) is 0 Å². The van der Waals surface area contributed by atoms with Crippen LogP contribution in [0.25, 0.3) is 0 Å². The fraction of sp³-hybridized carbons (Fsp3) is 0.407. The number of allylic oxidation sites excluding steroid dienone is 2. The Morgan fingerprint density at radius 3 is 2.55 bits per heavy atom. The van der Waals surface area contributed by atoms with Gasteiger partial charge in [-0.1, -0.05) is 36.4 Å². The Bertz CT molecular complexity index is 973. The fourth-order valence-corrected chi connectivity index (χ4v) is 5.17. The number of ether oxygens (including phenoxy) is 1. The van der Waals surface area contributed by atoms with Gasteiger partial charge >= 0.3 is 0 Å². The van der Waals surface area contributed by atoms with Gasteiger partial charge in [-0.3, -0.25) is 0 Å². The third-order valence-electron chi connectivity index (χ3n) is 7.02. The normalized spacial score (nSPS) is 21.6. The van der Waals surface area contributed by atoms with E-state index in [0.717, 1.165) is 57.2 Å². The minimum Gasteiger partial charge on any atom is -0.441 e. The molecule has 4 nitrogen and oxygen atoms in total. The highest BCUT2D eigenvalue weighted by atomic mass is 16.5. The van der Waals surface area contributed by atoms with E-state index in [9.17, 15) is 0 Å². The van der Waals surface area contributed by atoms with Gasteiger partial charge < -0.3 is 19.4 Å². The van der Waals surface area contributed by atoms with Gasteiger partial charge in [-0.15, -0.1) is 0 Å². The van der Waals surface area contributed by atoms with E-state index in [1.807, 2.05) is 30.3 Å². The molecule has 5 rings (SSSR count). The summed E-state index contributed by atoms with van der Waals surface area (Å²) >= 11 is 0. The lowest BCUT2D eigenvalue weighted by Crippen LogP contribution is -2.46. The third-order valence-corrected chi connectivity index (χ3v) is 7.02. The Labute approximate surface area is 186 Å². The van der Waals surface area contributed by atoms with Gasteiger partial charge in [-0.25, -0.2) is 0 Å². The number of hydrogen-bond acceptors (Lipinski definition) is 4. The number of nitrogens with zero attached hydrogens (tertiary/aromatic N) is 3. The number of rotatable bonds is 4. The summed E-state index contributed by atoms with van der Waals surface area (Å²) in [4.78, 5) is 7.50. The second-order valence-corrected chi connectivity index (χ2v) is 9.05. The zero-order valence-electron chi connectivity index (χ0n) is 18.8. The van der Waals surface area contributed by atoms with Crippen molar-refractivity contribution in [2.45, 2.75) is 32.2 Å². The molecule has 0 N–H and O–H groups in total. The summed E-state index contributed by atoms with van der Waals surface area (Å²) in [6, 6.07) is 15.3. The molecule has 1 atom stereocenters. The number of benzene rings is 2. The summed E-state index contributed by atoms with van der Waals surface area (Å²) < 4.78 is 6.31. The molecule has 2 aromatic rings. The van der Waals surface area contributed by atoms with Crippen molar-refractivity contribution in [1.29, 1.82) is 0 Å². The van der Waals surface area contributed by atoms with Crippen LogP contribution in [0.3, 0.4) is 0 Å². The third kappa shape index (κ3) is 4.22. The molecule has 2 heterocycles. The highest BCUT2D eigenvalue weighted by Gasteiger charge is 2.30. The molecular weight excluding hydrogens is 382 g/mol. The first-order valence-corrected chi connectivity index (χ1v) is 11.6. The quantitative estimate of drug-likeness (QED) is 0.737. The van der Waals surface area contributed by atoms with Crippen LogP contribution in [-0.4, -0.2) is 55.6 Å². The average Bonchev–Trinajstić information content (AvgIpc) is 2.81. The molecule has 1 aliphatic carbocycles. The van der Waals surface area contributed by atoms with Crippen LogP contribution in [-0.2, 0) is 12.8 Å². The van der Waals surface area contributed by atoms with Crippen LogP contribution in [0.15, 0.2) is 66.6 Å². The maximum Gasteiger partial charge on any atom is 0.196 e. The lowest BCUT2D eigenvalue weighted by Gasteiger charge is -2.41. The molecule has 0 aromatic heterocycles. The predicted molar refractivity (Wildman–Crippen MR) is 128 cm³/mol. The molecule has 0 bridgehead atoms. The second kappa shape index (κ2) is 8.80. The fourth-order valence-electron chi connectivity index (χ4n) is 5.17. The first-order chi connectivity index (χ1) is 15.2. The Kier molecular flexibility index (Phi) is 5.73. The van der Waals surface area contributed by atoms with E-state index in [1.54, 1.807) is 11.1 Å². The summed E-state index contributed by atoms with van der Waals surface area (Å²) in [7, 11) is 2.22. The minimum absolute atomic E-state index is 0.459. The van der Waals surface area contributed by atoms with Crippen molar-refractivity contribution in [3.63, 3.8) is 0 Å². The second-order valence-electron chi connectivity index (χ2n) is 9.05. The van der Waals surface area contributed by atoms with E-state index in [1.165, 1.54) is 17.7 Å². The van der Waals surface area contributed by atoms with E-state index >= 15 is 0 Å². The smallest absolute Gasteiger partial charge is 0.196 e. The number of fused-ring (bicyclic) bond motifs is 1. The van der Waals surface area contributed by atoms with Gasteiger partial charge in [-0.2, -0.15) is 0 Å².